The fraction of sp³-hybridized carbons (Fsp3) is 0.529. The first kappa shape index (κ1) is 18.4. The van der Waals surface area contributed by atoms with E-state index in [1.54, 1.807) is 0 Å². The summed E-state index contributed by atoms with van der Waals surface area (Å²) in [4.78, 5) is 23.6. The van der Waals surface area contributed by atoms with E-state index in [0.29, 0.717) is 18.1 Å². The minimum Gasteiger partial charge on any atom is -0.493 e. The summed E-state index contributed by atoms with van der Waals surface area (Å²) in [5.74, 6) is -0.187. The Morgan fingerprint density at radius 1 is 1.33 bits per heavy atom. The molecule has 1 aliphatic carbocycles. The molecule has 0 radical (unpaired) electrons. The largest absolute Gasteiger partial charge is 0.493 e. The van der Waals surface area contributed by atoms with Gasteiger partial charge in [-0.3, -0.25) is 4.79 Å². The van der Waals surface area contributed by atoms with E-state index in [1.807, 2.05) is 0 Å². The summed E-state index contributed by atoms with van der Waals surface area (Å²) in [6, 6.07) is 3.17. The second kappa shape index (κ2) is 8.78. The van der Waals surface area contributed by atoms with E-state index >= 15 is 0 Å². The summed E-state index contributed by atoms with van der Waals surface area (Å²) < 4.78 is 15.9. The molecule has 2 rings (SSSR count). The third-order valence-electron chi connectivity index (χ3n) is 3.49. The maximum Gasteiger partial charge on any atom is 0.338 e. The van der Waals surface area contributed by atoms with Gasteiger partial charge >= 0.3 is 5.97 Å². The molecule has 1 amide bonds. The molecule has 6 nitrogen and oxygen atoms in total. The third-order valence-corrected chi connectivity index (χ3v) is 3.77. The molecular weight excluding hydrogens is 334 g/mol. The molecule has 1 aliphatic rings. The van der Waals surface area contributed by atoms with Crippen LogP contribution in [0.25, 0.3) is 0 Å². The van der Waals surface area contributed by atoms with E-state index in [-0.39, 0.29) is 29.1 Å². The topological polar surface area (TPSA) is 73.9 Å². The number of rotatable bonds is 9. The summed E-state index contributed by atoms with van der Waals surface area (Å²) in [6.07, 6.45) is 3.84. The van der Waals surface area contributed by atoms with E-state index in [2.05, 4.69) is 12.2 Å². The van der Waals surface area contributed by atoms with E-state index in [4.69, 9.17) is 25.8 Å². The van der Waals surface area contributed by atoms with Crippen LogP contribution in [-0.2, 0) is 9.53 Å². The fourth-order valence-corrected chi connectivity index (χ4v) is 2.27. The van der Waals surface area contributed by atoms with Gasteiger partial charge in [0.1, 0.15) is 0 Å². The first-order valence-electron chi connectivity index (χ1n) is 8.02. The smallest absolute Gasteiger partial charge is 0.338 e. The van der Waals surface area contributed by atoms with Gasteiger partial charge in [0.05, 0.1) is 24.3 Å². The molecule has 132 valence electrons. The van der Waals surface area contributed by atoms with Crippen LogP contribution in [-0.4, -0.2) is 38.2 Å². The SMILES string of the molecule is CCCCOc1c(Cl)cc(C(=O)OCC(=O)NC2CC2)cc1OC. The summed E-state index contributed by atoms with van der Waals surface area (Å²) in [5.41, 5.74) is 0.207. The van der Waals surface area contributed by atoms with Crippen LogP contribution in [0.2, 0.25) is 5.02 Å². The number of unbranched alkanes of at least 4 members (excludes halogenated alkanes) is 1. The molecule has 0 atom stereocenters. The molecule has 0 unspecified atom stereocenters. The molecule has 0 spiro atoms. The molecule has 0 bridgehead atoms. The molecule has 7 heteroatoms. The van der Waals surface area contributed by atoms with Crippen molar-refractivity contribution in [3.63, 3.8) is 0 Å². The van der Waals surface area contributed by atoms with E-state index < -0.39 is 5.97 Å². The van der Waals surface area contributed by atoms with Gasteiger partial charge in [-0.15, -0.1) is 0 Å². The lowest BCUT2D eigenvalue weighted by Crippen LogP contribution is -2.30. The van der Waals surface area contributed by atoms with Crippen LogP contribution < -0.4 is 14.8 Å². The van der Waals surface area contributed by atoms with Crippen molar-refractivity contribution in [3.05, 3.63) is 22.7 Å². The van der Waals surface area contributed by atoms with Gasteiger partial charge in [-0.1, -0.05) is 24.9 Å². The van der Waals surface area contributed by atoms with Crippen LogP contribution in [0.4, 0.5) is 0 Å². The lowest BCUT2D eigenvalue weighted by molar-refractivity contribution is -0.124. The van der Waals surface area contributed by atoms with Crippen LogP contribution in [0.3, 0.4) is 0 Å². The van der Waals surface area contributed by atoms with Crippen molar-refractivity contribution in [1.82, 2.24) is 5.32 Å². The molecule has 0 aliphatic heterocycles. The number of hydrogen-bond acceptors (Lipinski definition) is 5. The number of nitrogens with one attached hydrogen (secondary N) is 1. The predicted octanol–water partition coefficient (Wildman–Crippen LogP) is 2.96. The Hall–Kier alpha value is -1.95. The number of carbonyl (C=O) groups excluding carboxylic acids is 2. The molecule has 1 aromatic rings. The highest BCUT2D eigenvalue weighted by atomic mass is 35.5. The van der Waals surface area contributed by atoms with Gasteiger partial charge in [-0.05, 0) is 31.4 Å². The number of ether oxygens (including phenoxy) is 3. The van der Waals surface area contributed by atoms with Crippen molar-refractivity contribution >= 4 is 23.5 Å². The quantitative estimate of drug-likeness (QED) is 0.544. The fourth-order valence-electron chi connectivity index (χ4n) is 2.01. The van der Waals surface area contributed by atoms with Crippen LogP contribution >= 0.6 is 11.6 Å². The number of amides is 1. The van der Waals surface area contributed by atoms with Gasteiger partial charge in [0.25, 0.3) is 5.91 Å². The number of carbonyl (C=O) groups is 2. The molecule has 24 heavy (non-hydrogen) atoms. The molecule has 1 saturated carbocycles. The molecule has 0 saturated heterocycles. The first-order chi connectivity index (χ1) is 11.5. The standard InChI is InChI=1S/C17H22ClNO5/c1-3-4-7-23-16-13(18)8-11(9-14(16)22-2)17(21)24-10-15(20)19-12-5-6-12/h8-9,12H,3-7,10H2,1-2H3,(H,19,20). The second-order valence-corrected chi connectivity index (χ2v) is 6.02. The van der Waals surface area contributed by atoms with Crippen molar-refractivity contribution < 1.29 is 23.8 Å². The Bertz CT molecular complexity index is 601. The van der Waals surface area contributed by atoms with Crippen LogP contribution in [0.1, 0.15) is 43.0 Å². The minimum absolute atomic E-state index is 0.207. The van der Waals surface area contributed by atoms with Gasteiger partial charge < -0.3 is 19.5 Å². The zero-order valence-electron chi connectivity index (χ0n) is 13.9. The average Bonchev–Trinajstić information content (AvgIpc) is 3.37. The lowest BCUT2D eigenvalue weighted by Gasteiger charge is -2.13. The Morgan fingerprint density at radius 2 is 2.08 bits per heavy atom. The zero-order chi connectivity index (χ0) is 17.5. The van der Waals surface area contributed by atoms with Crippen LogP contribution in [0, 0.1) is 0 Å². The third kappa shape index (κ3) is 5.30. The monoisotopic (exact) mass is 355 g/mol. The maximum absolute atomic E-state index is 12.1. The summed E-state index contributed by atoms with van der Waals surface area (Å²) >= 11 is 6.18. The Morgan fingerprint density at radius 3 is 2.71 bits per heavy atom. The first-order valence-corrected chi connectivity index (χ1v) is 8.39. The number of hydrogen-bond donors (Lipinski definition) is 1. The minimum atomic E-state index is -0.638. The normalized spacial score (nSPS) is 13.3. The number of esters is 1. The molecule has 1 fully saturated rings. The van der Waals surface area contributed by atoms with Gasteiger partial charge in [0.2, 0.25) is 0 Å². The number of halogens is 1. The molecule has 0 heterocycles. The van der Waals surface area contributed by atoms with Gasteiger partial charge in [0, 0.05) is 6.04 Å². The number of benzene rings is 1. The van der Waals surface area contributed by atoms with Crippen molar-refractivity contribution in [2.45, 2.75) is 38.6 Å². The predicted molar refractivity (Wildman–Crippen MR) is 89.9 cm³/mol. The molecule has 1 N–H and O–H groups in total. The van der Waals surface area contributed by atoms with Gasteiger partial charge in [-0.2, -0.15) is 0 Å². The Balaban J connectivity index is 1.99. The maximum atomic E-state index is 12.1. The highest BCUT2D eigenvalue weighted by molar-refractivity contribution is 6.32. The Kier molecular flexibility index (Phi) is 6.73. The Labute approximate surface area is 146 Å². The van der Waals surface area contributed by atoms with Crippen molar-refractivity contribution in [2.75, 3.05) is 20.3 Å². The summed E-state index contributed by atoms with van der Waals surface area (Å²) in [7, 11) is 1.47. The van der Waals surface area contributed by atoms with Crippen LogP contribution in [0.5, 0.6) is 11.5 Å². The zero-order valence-corrected chi connectivity index (χ0v) is 14.6. The van der Waals surface area contributed by atoms with Crippen LogP contribution in [0.15, 0.2) is 12.1 Å². The molecular formula is C17H22ClNO5. The highest BCUT2D eigenvalue weighted by Gasteiger charge is 2.24. The lowest BCUT2D eigenvalue weighted by atomic mass is 10.2. The average molecular weight is 356 g/mol. The molecule has 1 aromatic carbocycles. The van der Waals surface area contributed by atoms with Gasteiger partial charge in [-0.25, -0.2) is 4.79 Å². The van der Waals surface area contributed by atoms with Crippen molar-refractivity contribution in [2.24, 2.45) is 0 Å². The number of methoxy groups -OCH3 is 1. The van der Waals surface area contributed by atoms with Crippen molar-refractivity contribution in [3.8, 4) is 11.5 Å². The summed E-state index contributed by atoms with van der Waals surface area (Å²) in [6.45, 7) is 2.25. The second-order valence-electron chi connectivity index (χ2n) is 5.61. The van der Waals surface area contributed by atoms with Crippen molar-refractivity contribution in [1.29, 1.82) is 0 Å². The van der Waals surface area contributed by atoms with E-state index in [1.165, 1.54) is 19.2 Å². The summed E-state index contributed by atoms with van der Waals surface area (Å²) in [5, 5.41) is 3.01. The van der Waals surface area contributed by atoms with E-state index in [0.717, 1.165) is 25.7 Å². The highest BCUT2D eigenvalue weighted by Crippen LogP contribution is 2.36. The van der Waals surface area contributed by atoms with E-state index in [9.17, 15) is 9.59 Å². The molecule has 0 aromatic heterocycles. The van der Waals surface area contributed by atoms with Gasteiger partial charge in [0.15, 0.2) is 18.1 Å².